The molecule has 2 aromatic rings. The van der Waals surface area contributed by atoms with Gasteiger partial charge in [-0.1, -0.05) is 25.4 Å². The van der Waals surface area contributed by atoms with Crippen LogP contribution >= 0.6 is 11.6 Å². The molecule has 2 rings (SSSR count). The molecule has 0 fully saturated rings. The molecule has 2 N–H and O–H groups in total. The summed E-state index contributed by atoms with van der Waals surface area (Å²) in [5.74, 6) is 3.16. The van der Waals surface area contributed by atoms with Crippen LogP contribution in [0.4, 0.5) is 17.3 Å². The first kappa shape index (κ1) is 15.4. The summed E-state index contributed by atoms with van der Waals surface area (Å²) in [5, 5.41) is 6.90. The first-order valence-corrected chi connectivity index (χ1v) is 7.08. The second-order valence-corrected chi connectivity index (χ2v) is 5.31. The highest BCUT2D eigenvalue weighted by Gasteiger charge is 2.10. The number of hydrogen-bond acceptors (Lipinski definition) is 5. The van der Waals surface area contributed by atoms with Crippen molar-refractivity contribution in [3.8, 4) is 5.75 Å². The van der Waals surface area contributed by atoms with Gasteiger partial charge in [0.15, 0.2) is 0 Å². The quantitative estimate of drug-likeness (QED) is 0.873. The van der Waals surface area contributed by atoms with Gasteiger partial charge in [0.1, 0.15) is 23.2 Å². The molecule has 0 amide bonds. The van der Waals surface area contributed by atoms with Crippen molar-refractivity contribution in [3.63, 3.8) is 0 Å². The van der Waals surface area contributed by atoms with Gasteiger partial charge in [-0.25, -0.2) is 9.97 Å². The molecule has 1 heterocycles. The first-order valence-electron chi connectivity index (χ1n) is 6.70. The Morgan fingerprint density at radius 2 is 1.86 bits per heavy atom. The molecule has 0 aliphatic carbocycles. The van der Waals surface area contributed by atoms with Gasteiger partial charge in [-0.15, -0.1) is 0 Å². The molecule has 5 nitrogen and oxygen atoms in total. The van der Waals surface area contributed by atoms with E-state index in [9.17, 15) is 0 Å². The second kappa shape index (κ2) is 6.63. The van der Waals surface area contributed by atoms with Gasteiger partial charge < -0.3 is 15.4 Å². The molecular formula is C15H19ClN4O. The van der Waals surface area contributed by atoms with Gasteiger partial charge in [-0.3, -0.25) is 0 Å². The van der Waals surface area contributed by atoms with Crippen LogP contribution in [0.3, 0.4) is 0 Å². The van der Waals surface area contributed by atoms with E-state index >= 15 is 0 Å². The molecular weight excluding hydrogens is 288 g/mol. The summed E-state index contributed by atoms with van der Waals surface area (Å²) in [4.78, 5) is 8.95. The van der Waals surface area contributed by atoms with E-state index in [0.717, 1.165) is 17.3 Å². The topological polar surface area (TPSA) is 59.1 Å². The fraction of sp³-hybridized carbons (Fsp3) is 0.333. The minimum Gasteiger partial charge on any atom is -0.495 e. The molecule has 1 aromatic heterocycles. The number of methoxy groups -OCH3 is 1. The highest BCUT2D eigenvalue weighted by molar-refractivity contribution is 6.31. The number of ether oxygens (including phenoxy) is 1. The maximum Gasteiger partial charge on any atom is 0.142 e. The molecule has 112 valence electrons. The SMILES string of the molecule is CNc1cc(Nc2cc(Cl)ccc2OC)nc(C(C)C)n1. The van der Waals surface area contributed by atoms with E-state index in [1.807, 2.05) is 19.2 Å². The molecule has 0 aliphatic rings. The zero-order valence-corrected chi connectivity index (χ0v) is 13.3. The lowest BCUT2D eigenvalue weighted by Gasteiger charge is -2.14. The standard InChI is InChI=1S/C15H19ClN4O/c1-9(2)15-19-13(17-3)8-14(20-15)18-11-7-10(16)5-6-12(11)21-4/h5-9H,1-4H3,(H2,17,18,19,20). The smallest absolute Gasteiger partial charge is 0.142 e. The van der Waals surface area contributed by atoms with E-state index in [2.05, 4.69) is 34.4 Å². The maximum absolute atomic E-state index is 6.04. The number of nitrogens with zero attached hydrogens (tertiary/aromatic N) is 2. The monoisotopic (exact) mass is 306 g/mol. The Labute approximate surface area is 129 Å². The Morgan fingerprint density at radius 1 is 1.14 bits per heavy atom. The molecule has 1 aromatic carbocycles. The van der Waals surface area contributed by atoms with Crippen molar-refractivity contribution in [2.45, 2.75) is 19.8 Å². The van der Waals surface area contributed by atoms with Gasteiger partial charge >= 0.3 is 0 Å². The third kappa shape index (κ3) is 3.76. The number of nitrogens with one attached hydrogen (secondary N) is 2. The third-order valence-electron chi connectivity index (χ3n) is 2.94. The first-order chi connectivity index (χ1) is 10.0. The Morgan fingerprint density at radius 3 is 2.48 bits per heavy atom. The van der Waals surface area contributed by atoms with E-state index in [0.29, 0.717) is 16.6 Å². The number of rotatable bonds is 5. The van der Waals surface area contributed by atoms with Crippen LogP contribution in [0.2, 0.25) is 5.02 Å². The van der Waals surface area contributed by atoms with Gasteiger partial charge in [0.05, 0.1) is 12.8 Å². The maximum atomic E-state index is 6.04. The van der Waals surface area contributed by atoms with Crippen molar-refractivity contribution in [3.05, 3.63) is 35.1 Å². The summed E-state index contributed by atoms with van der Waals surface area (Å²) in [7, 11) is 3.45. The second-order valence-electron chi connectivity index (χ2n) is 4.87. The van der Waals surface area contributed by atoms with Crippen LogP contribution in [0.15, 0.2) is 24.3 Å². The van der Waals surface area contributed by atoms with E-state index in [-0.39, 0.29) is 5.92 Å². The Bertz CT molecular complexity index is 631. The largest absolute Gasteiger partial charge is 0.495 e. The molecule has 6 heteroatoms. The fourth-order valence-corrected chi connectivity index (χ4v) is 2.00. The molecule has 0 atom stereocenters. The van der Waals surface area contributed by atoms with E-state index in [1.165, 1.54) is 0 Å². The summed E-state index contributed by atoms with van der Waals surface area (Å²) < 4.78 is 5.33. The Kier molecular flexibility index (Phi) is 4.85. The predicted octanol–water partition coefficient (Wildman–Crippen LogP) is 4.05. The molecule has 21 heavy (non-hydrogen) atoms. The highest BCUT2D eigenvalue weighted by atomic mass is 35.5. The van der Waals surface area contributed by atoms with Gasteiger partial charge in [-0.2, -0.15) is 0 Å². The zero-order chi connectivity index (χ0) is 15.4. The lowest BCUT2D eigenvalue weighted by Crippen LogP contribution is -2.05. The zero-order valence-electron chi connectivity index (χ0n) is 12.6. The predicted molar refractivity (Wildman–Crippen MR) is 87.0 cm³/mol. The normalized spacial score (nSPS) is 10.6. The van der Waals surface area contributed by atoms with Gasteiger partial charge in [0, 0.05) is 24.1 Å². The molecule has 0 aliphatic heterocycles. The number of halogens is 1. The van der Waals surface area contributed by atoms with Gasteiger partial charge in [0.25, 0.3) is 0 Å². The summed E-state index contributed by atoms with van der Waals surface area (Å²) in [6.45, 7) is 4.11. The van der Waals surface area contributed by atoms with Crippen molar-refractivity contribution < 1.29 is 4.74 Å². The van der Waals surface area contributed by atoms with Crippen LogP contribution in [-0.2, 0) is 0 Å². The summed E-state index contributed by atoms with van der Waals surface area (Å²) in [5.41, 5.74) is 0.764. The van der Waals surface area contributed by atoms with Gasteiger partial charge in [0.2, 0.25) is 0 Å². The number of hydrogen-bond donors (Lipinski definition) is 2. The van der Waals surface area contributed by atoms with Gasteiger partial charge in [-0.05, 0) is 18.2 Å². The third-order valence-corrected chi connectivity index (χ3v) is 3.18. The number of aromatic nitrogens is 2. The molecule has 0 bridgehead atoms. The molecule has 0 unspecified atom stereocenters. The molecule has 0 spiro atoms. The van der Waals surface area contributed by atoms with Crippen LogP contribution in [-0.4, -0.2) is 24.1 Å². The Balaban J connectivity index is 2.39. The lowest BCUT2D eigenvalue weighted by atomic mass is 10.2. The summed E-state index contributed by atoms with van der Waals surface area (Å²) >= 11 is 6.04. The van der Waals surface area contributed by atoms with E-state index in [1.54, 1.807) is 19.2 Å². The summed E-state index contributed by atoms with van der Waals surface area (Å²) in [6.07, 6.45) is 0. The fourth-order valence-electron chi connectivity index (χ4n) is 1.83. The van der Waals surface area contributed by atoms with Crippen molar-refractivity contribution in [1.82, 2.24) is 9.97 Å². The van der Waals surface area contributed by atoms with Crippen LogP contribution in [0.5, 0.6) is 5.75 Å². The van der Waals surface area contributed by atoms with Crippen molar-refractivity contribution in [2.75, 3.05) is 24.8 Å². The highest BCUT2D eigenvalue weighted by Crippen LogP contribution is 2.30. The van der Waals surface area contributed by atoms with Crippen molar-refractivity contribution in [1.29, 1.82) is 0 Å². The number of benzene rings is 1. The average molecular weight is 307 g/mol. The van der Waals surface area contributed by atoms with Crippen LogP contribution < -0.4 is 15.4 Å². The lowest BCUT2D eigenvalue weighted by molar-refractivity contribution is 0.417. The number of anilines is 3. The minimum absolute atomic E-state index is 0.236. The van der Waals surface area contributed by atoms with Crippen LogP contribution in [0.25, 0.3) is 0 Å². The molecule has 0 radical (unpaired) electrons. The average Bonchev–Trinajstić information content (AvgIpc) is 2.47. The van der Waals surface area contributed by atoms with Crippen LogP contribution in [0, 0.1) is 0 Å². The molecule has 0 saturated carbocycles. The van der Waals surface area contributed by atoms with Crippen LogP contribution in [0.1, 0.15) is 25.6 Å². The summed E-state index contributed by atoms with van der Waals surface area (Å²) in [6, 6.07) is 7.24. The molecule has 0 saturated heterocycles. The minimum atomic E-state index is 0.236. The van der Waals surface area contributed by atoms with Crippen molar-refractivity contribution >= 4 is 28.9 Å². The Hall–Kier alpha value is -2.01. The van der Waals surface area contributed by atoms with Crippen molar-refractivity contribution in [2.24, 2.45) is 0 Å². The van der Waals surface area contributed by atoms with E-state index < -0.39 is 0 Å². The van der Waals surface area contributed by atoms with E-state index in [4.69, 9.17) is 16.3 Å².